The lowest BCUT2D eigenvalue weighted by Gasteiger charge is -2.11. The molecule has 0 radical (unpaired) electrons. The minimum Gasteiger partial charge on any atom is -0.486 e. The van der Waals surface area contributed by atoms with E-state index >= 15 is 0 Å². The quantitative estimate of drug-likeness (QED) is 0.809. The summed E-state index contributed by atoms with van der Waals surface area (Å²) in [4.78, 5) is 4.17. The van der Waals surface area contributed by atoms with Crippen LogP contribution in [0.25, 0.3) is 0 Å². The number of imidazole rings is 1. The number of nitrogens with zero attached hydrogens (tertiary/aromatic N) is 2. The van der Waals surface area contributed by atoms with E-state index < -0.39 is 0 Å². The maximum atomic E-state index is 6.27. The molecule has 1 heterocycles. The second-order valence-corrected chi connectivity index (χ2v) is 5.32. The zero-order valence-corrected chi connectivity index (χ0v) is 13.4. The molecule has 0 amide bonds. The molecular weight excluding hydrogens is 286 g/mol. The van der Waals surface area contributed by atoms with Gasteiger partial charge in [0.15, 0.2) is 0 Å². The Labute approximate surface area is 131 Å². The van der Waals surface area contributed by atoms with E-state index in [2.05, 4.69) is 28.7 Å². The van der Waals surface area contributed by atoms with Crippen molar-refractivity contribution in [2.75, 3.05) is 6.54 Å². The highest BCUT2D eigenvalue weighted by Crippen LogP contribution is 2.26. The van der Waals surface area contributed by atoms with Gasteiger partial charge in [-0.1, -0.05) is 31.5 Å². The third-order valence-electron chi connectivity index (χ3n) is 3.21. The second-order valence-electron chi connectivity index (χ2n) is 4.91. The molecule has 1 aromatic heterocycles. The van der Waals surface area contributed by atoms with Crippen LogP contribution >= 0.6 is 11.6 Å². The summed E-state index contributed by atoms with van der Waals surface area (Å²) in [6, 6.07) is 5.91. The van der Waals surface area contributed by atoms with Gasteiger partial charge in [0.05, 0.1) is 23.2 Å². The zero-order chi connectivity index (χ0) is 15.1. The average Bonchev–Trinajstić information content (AvgIpc) is 2.92. The van der Waals surface area contributed by atoms with Gasteiger partial charge in [-0.2, -0.15) is 0 Å². The van der Waals surface area contributed by atoms with Gasteiger partial charge in [-0.25, -0.2) is 4.98 Å². The summed E-state index contributed by atoms with van der Waals surface area (Å²) in [7, 11) is 0. The molecule has 4 nitrogen and oxygen atoms in total. The molecule has 1 N–H and O–H groups in total. The van der Waals surface area contributed by atoms with Crippen LogP contribution in [0.5, 0.6) is 5.75 Å². The van der Waals surface area contributed by atoms with Crippen LogP contribution in [0.3, 0.4) is 0 Å². The van der Waals surface area contributed by atoms with Crippen LogP contribution in [0.4, 0.5) is 0 Å². The van der Waals surface area contributed by atoms with Crippen molar-refractivity contribution < 1.29 is 4.74 Å². The molecule has 2 aromatic rings. The third-order valence-corrected chi connectivity index (χ3v) is 3.51. The molecule has 2 rings (SSSR count). The molecule has 0 atom stereocenters. The van der Waals surface area contributed by atoms with Gasteiger partial charge in [-0.3, -0.25) is 0 Å². The fourth-order valence-corrected chi connectivity index (χ4v) is 2.36. The SMILES string of the molecule is CCCn1cncc1COc1ccc(CNCC)cc1Cl. The molecule has 0 unspecified atom stereocenters. The smallest absolute Gasteiger partial charge is 0.138 e. The van der Waals surface area contributed by atoms with Crippen LogP contribution in [0.1, 0.15) is 31.5 Å². The number of halogens is 1. The van der Waals surface area contributed by atoms with Crippen LogP contribution in [0.2, 0.25) is 5.02 Å². The van der Waals surface area contributed by atoms with E-state index in [1.807, 2.05) is 30.7 Å². The van der Waals surface area contributed by atoms with E-state index in [1.54, 1.807) is 0 Å². The predicted molar refractivity (Wildman–Crippen MR) is 85.7 cm³/mol. The van der Waals surface area contributed by atoms with Crippen LogP contribution in [0, 0.1) is 0 Å². The number of rotatable bonds is 8. The van der Waals surface area contributed by atoms with Crippen molar-refractivity contribution in [3.8, 4) is 5.75 Å². The Kier molecular flexibility index (Phi) is 6.08. The van der Waals surface area contributed by atoms with E-state index in [0.29, 0.717) is 17.4 Å². The minimum atomic E-state index is 0.478. The summed E-state index contributed by atoms with van der Waals surface area (Å²) in [6.07, 6.45) is 4.75. The first kappa shape index (κ1) is 15.9. The molecule has 21 heavy (non-hydrogen) atoms. The normalized spacial score (nSPS) is 10.8. The summed E-state index contributed by atoms with van der Waals surface area (Å²) in [5.74, 6) is 0.709. The van der Waals surface area contributed by atoms with Gasteiger partial charge in [0.1, 0.15) is 12.4 Å². The molecule has 0 aliphatic rings. The minimum absolute atomic E-state index is 0.478. The lowest BCUT2D eigenvalue weighted by Crippen LogP contribution is -2.11. The number of aromatic nitrogens is 2. The van der Waals surface area contributed by atoms with Crippen molar-refractivity contribution in [2.45, 2.75) is 40.0 Å². The topological polar surface area (TPSA) is 39.1 Å². The number of nitrogens with one attached hydrogen (secondary N) is 1. The van der Waals surface area contributed by atoms with Gasteiger partial charge in [-0.05, 0) is 30.7 Å². The van der Waals surface area contributed by atoms with Gasteiger partial charge in [0, 0.05) is 13.1 Å². The van der Waals surface area contributed by atoms with Crippen LogP contribution in [-0.4, -0.2) is 16.1 Å². The maximum absolute atomic E-state index is 6.27. The third kappa shape index (κ3) is 4.48. The summed E-state index contributed by atoms with van der Waals surface area (Å²) in [5, 5.41) is 3.92. The van der Waals surface area contributed by atoms with Crippen LogP contribution in [-0.2, 0) is 19.7 Å². The van der Waals surface area contributed by atoms with Gasteiger partial charge in [0.2, 0.25) is 0 Å². The Hall–Kier alpha value is -1.52. The van der Waals surface area contributed by atoms with Gasteiger partial charge >= 0.3 is 0 Å². The van der Waals surface area contributed by atoms with Crippen molar-refractivity contribution in [1.29, 1.82) is 0 Å². The molecule has 0 spiro atoms. The predicted octanol–water partition coefficient (Wildman–Crippen LogP) is 3.64. The molecule has 0 saturated carbocycles. The van der Waals surface area contributed by atoms with E-state index in [0.717, 1.165) is 37.3 Å². The Morgan fingerprint density at radius 1 is 1.33 bits per heavy atom. The lowest BCUT2D eigenvalue weighted by atomic mass is 10.2. The average molecular weight is 308 g/mol. The van der Waals surface area contributed by atoms with Gasteiger partial charge < -0.3 is 14.6 Å². The first-order valence-corrected chi connectivity index (χ1v) is 7.73. The van der Waals surface area contributed by atoms with Crippen molar-refractivity contribution in [2.24, 2.45) is 0 Å². The first-order chi connectivity index (χ1) is 10.2. The van der Waals surface area contributed by atoms with Crippen molar-refractivity contribution in [3.05, 3.63) is 47.0 Å². The fraction of sp³-hybridized carbons (Fsp3) is 0.438. The molecule has 0 aliphatic heterocycles. The fourth-order valence-electron chi connectivity index (χ4n) is 2.10. The number of aryl methyl sites for hydroxylation is 1. The molecule has 0 aliphatic carbocycles. The molecule has 0 bridgehead atoms. The molecule has 1 aromatic carbocycles. The maximum Gasteiger partial charge on any atom is 0.138 e. The molecular formula is C16H22ClN3O. The first-order valence-electron chi connectivity index (χ1n) is 7.35. The van der Waals surface area contributed by atoms with E-state index in [1.165, 1.54) is 0 Å². The Bertz CT molecular complexity index is 568. The number of benzene rings is 1. The van der Waals surface area contributed by atoms with Gasteiger partial charge in [0.25, 0.3) is 0 Å². The monoisotopic (exact) mass is 307 g/mol. The zero-order valence-electron chi connectivity index (χ0n) is 12.6. The van der Waals surface area contributed by atoms with E-state index in [9.17, 15) is 0 Å². The molecule has 0 fully saturated rings. The highest BCUT2D eigenvalue weighted by atomic mass is 35.5. The van der Waals surface area contributed by atoms with Crippen molar-refractivity contribution >= 4 is 11.6 Å². The van der Waals surface area contributed by atoms with Crippen molar-refractivity contribution in [3.63, 3.8) is 0 Å². The molecule has 114 valence electrons. The molecule has 5 heteroatoms. The summed E-state index contributed by atoms with van der Waals surface area (Å²) < 4.78 is 7.92. The number of ether oxygens (including phenoxy) is 1. The number of hydrogen-bond acceptors (Lipinski definition) is 3. The van der Waals surface area contributed by atoms with Crippen LogP contribution < -0.4 is 10.1 Å². The molecule has 0 saturated heterocycles. The second kappa shape index (κ2) is 8.05. The summed E-state index contributed by atoms with van der Waals surface area (Å²) >= 11 is 6.27. The largest absolute Gasteiger partial charge is 0.486 e. The lowest BCUT2D eigenvalue weighted by molar-refractivity contribution is 0.294. The van der Waals surface area contributed by atoms with Gasteiger partial charge in [-0.15, -0.1) is 0 Å². The Morgan fingerprint density at radius 3 is 2.90 bits per heavy atom. The van der Waals surface area contributed by atoms with Crippen molar-refractivity contribution in [1.82, 2.24) is 14.9 Å². The number of hydrogen-bond donors (Lipinski definition) is 1. The summed E-state index contributed by atoms with van der Waals surface area (Å²) in [5.41, 5.74) is 2.22. The van der Waals surface area contributed by atoms with E-state index in [-0.39, 0.29) is 0 Å². The Morgan fingerprint density at radius 2 is 2.19 bits per heavy atom. The van der Waals surface area contributed by atoms with E-state index in [4.69, 9.17) is 16.3 Å². The highest BCUT2D eigenvalue weighted by molar-refractivity contribution is 6.32. The Balaban J connectivity index is 1.98. The highest BCUT2D eigenvalue weighted by Gasteiger charge is 2.06. The van der Waals surface area contributed by atoms with Crippen LogP contribution in [0.15, 0.2) is 30.7 Å². The summed E-state index contributed by atoms with van der Waals surface area (Å²) in [6.45, 7) is 7.42. The standard InChI is InChI=1S/C16H22ClN3O/c1-3-7-20-12-19-10-14(20)11-21-16-6-5-13(8-15(16)17)9-18-4-2/h5-6,8,10,12,18H,3-4,7,9,11H2,1-2H3.